The van der Waals surface area contributed by atoms with Crippen LogP contribution in [-0.4, -0.2) is 67.9 Å². The number of hydrogen-bond donors (Lipinski definition) is 1. The number of aromatic amines is 1. The maximum absolute atomic E-state index is 13.1. The largest absolute Gasteiger partial charge is 0.375 e. The molecule has 4 aromatic heterocycles. The number of likely N-dealkylation sites (tertiary alicyclic amines) is 1. The average Bonchev–Trinajstić information content (AvgIpc) is 2.89. The van der Waals surface area contributed by atoms with E-state index in [0.29, 0.717) is 53.9 Å². The molecule has 11 nitrogen and oxygen atoms in total. The number of rotatable bonds is 6. The van der Waals surface area contributed by atoms with E-state index < -0.39 is 11.2 Å². The van der Waals surface area contributed by atoms with Gasteiger partial charge in [-0.1, -0.05) is 0 Å². The molecule has 0 aliphatic carbocycles. The van der Waals surface area contributed by atoms with E-state index in [0.717, 1.165) is 5.56 Å². The van der Waals surface area contributed by atoms with Gasteiger partial charge in [-0.15, -0.1) is 0 Å². The number of methoxy groups -OCH3 is 1. The number of Topliss-reactive ketones (excluding diaryl/α,β-unsaturated/α-hetero) is 1. The van der Waals surface area contributed by atoms with Crippen LogP contribution >= 0.6 is 0 Å². The fourth-order valence-corrected chi connectivity index (χ4v) is 4.82. The minimum atomic E-state index is -0.527. The van der Waals surface area contributed by atoms with Gasteiger partial charge in [0.1, 0.15) is 17.9 Å². The topological polar surface area (TPSA) is 140 Å². The summed E-state index contributed by atoms with van der Waals surface area (Å²) < 4.78 is 6.54. The number of hydrogen-bond acceptors (Lipinski definition) is 8. The van der Waals surface area contributed by atoms with E-state index in [1.807, 2.05) is 6.07 Å². The molecule has 1 fully saturated rings. The molecule has 0 aromatic carbocycles. The van der Waals surface area contributed by atoms with Gasteiger partial charge in [0.15, 0.2) is 0 Å². The third-order valence-electron chi connectivity index (χ3n) is 6.61. The molecule has 11 heteroatoms. The van der Waals surface area contributed by atoms with Gasteiger partial charge in [-0.3, -0.25) is 33.9 Å². The Labute approximate surface area is 211 Å². The fraction of sp³-hybridized carbons (Fsp3) is 0.346. The zero-order chi connectivity index (χ0) is 26.1. The third kappa shape index (κ3) is 4.77. The Morgan fingerprint density at radius 3 is 2.54 bits per heavy atom. The number of ketones is 1. The lowest BCUT2D eigenvalue weighted by atomic mass is 10.0. The van der Waals surface area contributed by atoms with Crippen LogP contribution in [0.3, 0.4) is 0 Å². The maximum atomic E-state index is 13.1. The molecule has 0 saturated carbocycles. The van der Waals surface area contributed by atoms with Crippen molar-refractivity contribution in [2.24, 2.45) is 0 Å². The number of nitrogens with zero attached hydrogens (tertiary/aromatic N) is 5. The van der Waals surface area contributed by atoms with Crippen LogP contribution in [0.1, 0.15) is 31.5 Å². The summed E-state index contributed by atoms with van der Waals surface area (Å²) in [6, 6.07) is 6.98. The van der Waals surface area contributed by atoms with Crippen molar-refractivity contribution in [2.75, 3.05) is 26.8 Å². The first kappa shape index (κ1) is 24.4. The predicted octanol–water partition coefficient (Wildman–Crippen LogP) is 1.64. The van der Waals surface area contributed by atoms with E-state index >= 15 is 0 Å². The Morgan fingerprint density at radius 2 is 1.86 bits per heavy atom. The lowest BCUT2D eigenvalue weighted by molar-refractivity contribution is -0.136. The molecule has 37 heavy (non-hydrogen) atoms. The second-order valence-corrected chi connectivity index (χ2v) is 9.18. The Morgan fingerprint density at radius 1 is 1.08 bits per heavy atom. The number of carbonyl (C=O) groups excluding carboxylic acids is 2. The smallest absolute Gasteiger partial charge is 0.329 e. The molecule has 5 rings (SSSR count). The molecule has 0 spiro atoms. The van der Waals surface area contributed by atoms with Gasteiger partial charge < -0.3 is 9.64 Å². The van der Waals surface area contributed by atoms with E-state index in [9.17, 15) is 19.2 Å². The van der Waals surface area contributed by atoms with Crippen LogP contribution in [0.15, 0.2) is 46.2 Å². The number of nitrogens with one attached hydrogen (secondary N) is 1. The first-order valence-corrected chi connectivity index (χ1v) is 12.0. The van der Waals surface area contributed by atoms with Crippen molar-refractivity contribution in [3.63, 3.8) is 0 Å². The summed E-state index contributed by atoms with van der Waals surface area (Å²) in [5.41, 5.74) is 2.35. The van der Waals surface area contributed by atoms with Crippen LogP contribution in [0.25, 0.3) is 33.2 Å². The first-order chi connectivity index (χ1) is 17.9. The molecular weight excluding hydrogens is 476 g/mol. The van der Waals surface area contributed by atoms with Gasteiger partial charge in [-0.25, -0.2) is 9.78 Å². The molecule has 190 valence electrons. The minimum Gasteiger partial charge on any atom is -0.375 e. The van der Waals surface area contributed by atoms with Crippen molar-refractivity contribution in [1.82, 2.24) is 29.4 Å². The summed E-state index contributed by atoms with van der Waals surface area (Å²) in [7, 11) is 1.48. The molecule has 0 radical (unpaired) electrons. The summed E-state index contributed by atoms with van der Waals surface area (Å²) in [5, 5.41) is 0.268. The lowest BCUT2D eigenvalue weighted by Crippen LogP contribution is -2.43. The predicted molar refractivity (Wildman–Crippen MR) is 136 cm³/mol. The zero-order valence-corrected chi connectivity index (χ0v) is 20.6. The molecule has 1 N–H and O–H groups in total. The second-order valence-electron chi connectivity index (χ2n) is 9.18. The first-order valence-electron chi connectivity index (χ1n) is 12.0. The van der Waals surface area contributed by atoms with Crippen LogP contribution in [0.2, 0.25) is 0 Å². The SMILES string of the molecule is COCC(=O)N1CCC(n2c(=O)[nH]c(=O)c3cnc4ccc(-c5ccc(CC(C)=O)nc5)nc4c32)CC1. The van der Waals surface area contributed by atoms with Crippen LogP contribution in [0, 0.1) is 0 Å². The van der Waals surface area contributed by atoms with E-state index in [1.54, 1.807) is 33.9 Å². The van der Waals surface area contributed by atoms with E-state index in [1.165, 1.54) is 20.2 Å². The van der Waals surface area contributed by atoms with Crippen molar-refractivity contribution in [3.05, 3.63) is 63.2 Å². The van der Waals surface area contributed by atoms with Gasteiger partial charge >= 0.3 is 5.69 Å². The van der Waals surface area contributed by atoms with E-state index in [2.05, 4.69) is 15.0 Å². The summed E-state index contributed by atoms with van der Waals surface area (Å²) in [6.45, 7) is 2.47. The molecular formula is C26H26N6O5. The molecule has 1 aliphatic heterocycles. The van der Waals surface area contributed by atoms with Crippen molar-refractivity contribution >= 4 is 33.6 Å². The van der Waals surface area contributed by atoms with E-state index in [-0.39, 0.29) is 36.1 Å². The molecule has 0 bridgehead atoms. The second kappa shape index (κ2) is 10.0. The Balaban J connectivity index is 1.60. The zero-order valence-electron chi connectivity index (χ0n) is 20.6. The summed E-state index contributed by atoms with van der Waals surface area (Å²) in [6.07, 6.45) is 4.45. The quantitative estimate of drug-likeness (QED) is 0.393. The summed E-state index contributed by atoms with van der Waals surface area (Å²) in [4.78, 5) is 67.2. The molecule has 5 heterocycles. The lowest BCUT2D eigenvalue weighted by Gasteiger charge is -2.33. The van der Waals surface area contributed by atoms with Gasteiger partial charge in [0.25, 0.3) is 5.56 Å². The number of H-pyrrole nitrogens is 1. The van der Waals surface area contributed by atoms with Crippen LogP contribution < -0.4 is 11.2 Å². The van der Waals surface area contributed by atoms with Crippen molar-refractivity contribution < 1.29 is 14.3 Å². The molecule has 1 saturated heterocycles. The van der Waals surface area contributed by atoms with Crippen molar-refractivity contribution in [3.8, 4) is 11.3 Å². The molecule has 1 amide bonds. The Bertz CT molecular complexity index is 1620. The monoisotopic (exact) mass is 502 g/mol. The van der Waals surface area contributed by atoms with Crippen molar-refractivity contribution in [2.45, 2.75) is 32.2 Å². The normalized spacial score (nSPS) is 14.4. The molecule has 4 aromatic rings. The standard InChI is InChI=1S/C26H26N6O5/c1-15(33)11-17-4-3-16(12-27-17)20-5-6-21-23(29-20)24-19(13-28-21)25(35)30-26(36)32(24)18-7-9-31(10-8-18)22(34)14-37-2/h3-6,12-13,18H,7-11,14H2,1-2H3,(H,30,35,36). The fourth-order valence-electron chi connectivity index (χ4n) is 4.82. The van der Waals surface area contributed by atoms with Gasteiger partial charge in [0.05, 0.1) is 22.1 Å². The highest BCUT2D eigenvalue weighted by Crippen LogP contribution is 2.28. The summed E-state index contributed by atoms with van der Waals surface area (Å²) >= 11 is 0. The number of pyridine rings is 3. The highest BCUT2D eigenvalue weighted by Gasteiger charge is 2.27. The third-order valence-corrected chi connectivity index (χ3v) is 6.61. The Hall–Kier alpha value is -4.25. The highest BCUT2D eigenvalue weighted by molar-refractivity contribution is 6.01. The maximum Gasteiger partial charge on any atom is 0.329 e. The molecule has 1 aliphatic rings. The number of amides is 1. The number of piperidine rings is 1. The molecule has 0 unspecified atom stereocenters. The number of carbonyl (C=O) groups is 2. The van der Waals surface area contributed by atoms with Crippen LogP contribution in [0.5, 0.6) is 0 Å². The molecule has 0 atom stereocenters. The van der Waals surface area contributed by atoms with Gasteiger partial charge in [-0.2, -0.15) is 0 Å². The number of fused-ring (bicyclic) bond motifs is 3. The van der Waals surface area contributed by atoms with Crippen LogP contribution in [0.4, 0.5) is 0 Å². The van der Waals surface area contributed by atoms with Gasteiger partial charge in [0.2, 0.25) is 5.91 Å². The van der Waals surface area contributed by atoms with Gasteiger partial charge in [-0.05, 0) is 44.0 Å². The van der Waals surface area contributed by atoms with Crippen molar-refractivity contribution in [1.29, 1.82) is 0 Å². The highest BCUT2D eigenvalue weighted by atomic mass is 16.5. The van der Waals surface area contributed by atoms with Gasteiger partial charge in [0, 0.05) is 56.3 Å². The summed E-state index contributed by atoms with van der Waals surface area (Å²) in [5.74, 6) is -0.0674. The van der Waals surface area contributed by atoms with Crippen LogP contribution in [-0.2, 0) is 20.7 Å². The number of aromatic nitrogens is 5. The average molecular weight is 503 g/mol. The number of ether oxygens (including phenoxy) is 1. The minimum absolute atomic E-state index is 0.0137. The van der Waals surface area contributed by atoms with E-state index in [4.69, 9.17) is 9.72 Å². The Kier molecular flexibility index (Phi) is 6.62.